The molecule has 0 fully saturated rings. The number of H-pyrrole nitrogens is 1. The van der Waals surface area contributed by atoms with E-state index in [9.17, 15) is 4.79 Å². The molecule has 4 nitrogen and oxygen atoms in total. The number of benzene rings is 1. The van der Waals surface area contributed by atoms with Crippen molar-refractivity contribution in [3.8, 4) is 5.75 Å². The molecule has 2 N–H and O–H groups in total. The fraction of sp³-hybridized carbons (Fsp3) is 0.214. The first-order valence-corrected chi connectivity index (χ1v) is 6.73. The van der Waals surface area contributed by atoms with Crippen molar-refractivity contribution in [2.45, 2.75) is 6.42 Å². The third kappa shape index (κ3) is 3.86. The van der Waals surface area contributed by atoms with E-state index in [4.69, 9.17) is 4.74 Å². The Kier molecular flexibility index (Phi) is 4.63. The highest BCUT2D eigenvalue weighted by Gasteiger charge is 2.06. The third-order valence-corrected chi connectivity index (χ3v) is 3.18. The summed E-state index contributed by atoms with van der Waals surface area (Å²) >= 11 is 3.30. The van der Waals surface area contributed by atoms with Crippen LogP contribution in [0.1, 0.15) is 16.1 Å². The van der Waals surface area contributed by atoms with E-state index >= 15 is 0 Å². The largest absolute Gasteiger partial charge is 0.497 e. The fourth-order valence-corrected chi connectivity index (χ4v) is 2.09. The SMILES string of the molecule is COc1cccc(CCNC(=O)c2cc(Br)c[nH]2)c1. The lowest BCUT2D eigenvalue weighted by molar-refractivity contribution is 0.0950. The molecule has 0 aliphatic carbocycles. The summed E-state index contributed by atoms with van der Waals surface area (Å²) < 4.78 is 6.02. The number of amides is 1. The predicted molar refractivity (Wildman–Crippen MR) is 77.5 cm³/mol. The zero-order valence-corrected chi connectivity index (χ0v) is 12.2. The highest BCUT2D eigenvalue weighted by Crippen LogP contribution is 2.13. The second kappa shape index (κ2) is 6.43. The lowest BCUT2D eigenvalue weighted by Gasteiger charge is -2.06. The minimum absolute atomic E-state index is 0.103. The first-order chi connectivity index (χ1) is 9.19. The number of carbonyl (C=O) groups is 1. The van der Waals surface area contributed by atoms with Crippen LogP contribution >= 0.6 is 15.9 Å². The monoisotopic (exact) mass is 322 g/mol. The smallest absolute Gasteiger partial charge is 0.267 e. The minimum atomic E-state index is -0.103. The molecule has 2 aromatic rings. The molecule has 19 heavy (non-hydrogen) atoms. The average Bonchev–Trinajstić information content (AvgIpc) is 2.86. The van der Waals surface area contributed by atoms with Crippen molar-refractivity contribution in [3.63, 3.8) is 0 Å². The van der Waals surface area contributed by atoms with Crippen LogP contribution in [0.3, 0.4) is 0 Å². The number of aromatic amines is 1. The second-order valence-electron chi connectivity index (χ2n) is 4.09. The lowest BCUT2D eigenvalue weighted by atomic mass is 10.1. The summed E-state index contributed by atoms with van der Waals surface area (Å²) in [5, 5.41) is 2.87. The van der Waals surface area contributed by atoms with Gasteiger partial charge < -0.3 is 15.0 Å². The van der Waals surface area contributed by atoms with Crippen molar-refractivity contribution >= 4 is 21.8 Å². The molecule has 0 saturated heterocycles. The van der Waals surface area contributed by atoms with Gasteiger partial charge in [-0.15, -0.1) is 0 Å². The van der Waals surface area contributed by atoms with Gasteiger partial charge in [-0.1, -0.05) is 12.1 Å². The molecule has 0 radical (unpaired) electrons. The van der Waals surface area contributed by atoms with E-state index in [1.54, 1.807) is 19.4 Å². The van der Waals surface area contributed by atoms with Gasteiger partial charge >= 0.3 is 0 Å². The van der Waals surface area contributed by atoms with Crippen LogP contribution < -0.4 is 10.1 Å². The van der Waals surface area contributed by atoms with Crippen molar-refractivity contribution in [2.24, 2.45) is 0 Å². The van der Waals surface area contributed by atoms with Crippen LogP contribution in [0.25, 0.3) is 0 Å². The van der Waals surface area contributed by atoms with E-state index in [1.165, 1.54) is 0 Å². The predicted octanol–water partition coefficient (Wildman–Crippen LogP) is 2.76. The number of nitrogens with one attached hydrogen (secondary N) is 2. The molecule has 2 rings (SSSR count). The van der Waals surface area contributed by atoms with Gasteiger partial charge in [0.05, 0.1) is 7.11 Å². The van der Waals surface area contributed by atoms with E-state index < -0.39 is 0 Å². The van der Waals surface area contributed by atoms with Crippen LogP contribution in [0.15, 0.2) is 41.0 Å². The standard InChI is InChI=1S/C14H15BrN2O2/c1-19-12-4-2-3-10(7-12)5-6-16-14(18)13-8-11(15)9-17-13/h2-4,7-9,17H,5-6H2,1H3,(H,16,18). The maximum Gasteiger partial charge on any atom is 0.267 e. The molecule has 0 aliphatic heterocycles. The molecule has 0 spiro atoms. The Balaban J connectivity index is 1.84. The molecule has 1 aromatic heterocycles. The van der Waals surface area contributed by atoms with Gasteiger partial charge in [-0.25, -0.2) is 0 Å². The van der Waals surface area contributed by atoms with Gasteiger partial charge in [0.25, 0.3) is 5.91 Å². The lowest BCUT2D eigenvalue weighted by Crippen LogP contribution is -2.25. The molecular weight excluding hydrogens is 308 g/mol. The van der Waals surface area contributed by atoms with Gasteiger partial charge in [-0.05, 0) is 46.1 Å². The molecule has 0 saturated carbocycles. The summed E-state index contributed by atoms with van der Waals surface area (Å²) in [6, 6.07) is 9.58. The Morgan fingerprint density at radius 1 is 1.42 bits per heavy atom. The summed E-state index contributed by atoms with van der Waals surface area (Å²) in [5.41, 5.74) is 1.69. The zero-order chi connectivity index (χ0) is 13.7. The van der Waals surface area contributed by atoms with E-state index in [1.807, 2.05) is 24.3 Å². The Labute approximate surface area is 120 Å². The molecule has 100 valence electrons. The van der Waals surface area contributed by atoms with Crippen LogP contribution in [0, 0.1) is 0 Å². The minimum Gasteiger partial charge on any atom is -0.497 e. The van der Waals surface area contributed by atoms with Gasteiger partial charge in [0.2, 0.25) is 0 Å². The van der Waals surface area contributed by atoms with Crippen molar-refractivity contribution in [1.82, 2.24) is 10.3 Å². The van der Waals surface area contributed by atoms with Crippen LogP contribution in [0.5, 0.6) is 5.75 Å². The number of hydrogen-bond acceptors (Lipinski definition) is 2. The molecule has 1 heterocycles. The summed E-state index contributed by atoms with van der Waals surface area (Å²) in [5.74, 6) is 0.728. The number of rotatable bonds is 5. The quantitative estimate of drug-likeness (QED) is 0.889. The number of ether oxygens (including phenoxy) is 1. The van der Waals surface area contributed by atoms with E-state index in [0.29, 0.717) is 12.2 Å². The summed E-state index contributed by atoms with van der Waals surface area (Å²) in [4.78, 5) is 14.7. The molecule has 0 unspecified atom stereocenters. The average molecular weight is 323 g/mol. The molecule has 1 amide bonds. The normalized spacial score (nSPS) is 10.2. The van der Waals surface area contributed by atoms with Crippen LogP contribution in [0.4, 0.5) is 0 Å². The van der Waals surface area contributed by atoms with Crippen molar-refractivity contribution in [2.75, 3.05) is 13.7 Å². The topological polar surface area (TPSA) is 54.1 Å². The first kappa shape index (κ1) is 13.7. The Morgan fingerprint density at radius 3 is 2.95 bits per heavy atom. The summed E-state index contributed by atoms with van der Waals surface area (Å²) in [7, 11) is 1.64. The zero-order valence-electron chi connectivity index (χ0n) is 10.6. The van der Waals surface area contributed by atoms with Gasteiger partial charge in [-0.3, -0.25) is 4.79 Å². The fourth-order valence-electron chi connectivity index (χ4n) is 1.74. The first-order valence-electron chi connectivity index (χ1n) is 5.94. The van der Waals surface area contributed by atoms with Gasteiger partial charge in [0.15, 0.2) is 0 Å². The maximum absolute atomic E-state index is 11.8. The Bertz CT molecular complexity index is 566. The molecule has 1 aromatic carbocycles. The number of aromatic nitrogens is 1. The van der Waals surface area contributed by atoms with Crippen molar-refractivity contribution in [3.05, 3.63) is 52.3 Å². The summed E-state index contributed by atoms with van der Waals surface area (Å²) in [6.07, 6.45) is 2.50. The molecule has 0 atom stereocenters. The summed E-state index contributed by atoms with van der Waals surface area (Å²) in [6.45, 7) is 0.586. The highest BCUT2D eigenvalue weighted by atomic mass is 79.9. The number of methoxy groups -OCH3 is 1. The third-order valence-electron chi connectivity index (χ3n) is 2.73. The Hall–Kier alpha value is -1.75. The van der Waals surface area contributed by atoms with Crippen molar-refractivity contribution in [1.29, 1.82) is 0 Å². The van der Waals surface area contributed by atoms with E-state index in [-0.39, 0.29) is 5.91 Å². The van der Waals surface area contributed by atoms with E-state index in [0.717, 1.165) is 22.2 Å². The van der Waals surface area contributed by atoms with Gasteiger partial charge in [0, 0.05) is 17.2 Å². The second-order valence-corrected chi connectivity index (χ2v) is 5.00. The molecular formula is C14H15BrN2O2. The number of hydrogen-bond donors (Lipinski definition) is 2. The highest BCUT2D eigenvalue weighted by molar-refractivity contribution is 9.10. The molecule has 0 aliphatic rings. The van der Waals surface area contributed by atoms with Gasteiger partial charge in [0.1, 0.15) is 11.4 Å². The van der Waals surface area contributed by atoms with E-state index in [2.05, 4.69) is 26.2 Å². The number of carbonyl (C=O) groups excluding carboxylic acids is 1. The number of halogens is 1. The maximum atomic E-state index is 11.8. The Morgan fingerprint density at radius 2 is 2.26 bits per heavy atom. The molecule has 0 bridgehead atoms. The molecule has 5 heteroatoms. The van der Waals surface area contributed by atoms with Crippen LogP contribution in [-0.2, 0) is 6.42 Å². The van der Waals surface area contributed by atoms with Crippen LogP contribution in [-0.4, -0.2) is 24.5 Å². The van der Waals surface area contributed by atoms with Crippen molar-refractivity contribution < 1.29 is 9.53 Å². The van der Waals surface area contributed by atoms with Crippen LogP contribution in [0.2, 0.25) is 0 Å². The van der Waals surface area contributed by atoms with Gasteiger partial charge in [-0.2, -0.15) is 0 Å².